The highest BCUT2D eigenvalue weighted by Crippen LogP contribution is 2.16. The molecule has 144 valence electrons. The van der Waals surface area contributed by atoms with Crippen molar-refractivity contribution in [2.45, 2.75) is 46.5 Å². The molecule has 0 aliphatic heterocycles. The van der Waals surface area contributed by atoms with Crippen LogP contribution in [0.2, 0.25) is 0 Å². The van der Waals surface area contributed by atoms with Gasteiger partial charge in [-0.15, -0.1) is 0 Å². The van der Waals surface area contributed by atoms with Crippen LogP contribution in [0.25, 0.3) is 0 Å². The molecule has 0 saturated carbocycles. The zero-order chi connectivity index (χ0) is 19.5. The molecule has 0 aromatic heterocycles. The molecule has 0 aliphatic rings. The fraction of sp³-hybridized carbons (Fsp3) is 0.364. The summed E-state index contributed by atoms with van der Waals surface area (Å²) < 4.78 is 5.75. The fourth-order valence-electron chi connectivity index (χ4n) is 2.56. The molecule has 0 heterocycles. The average molecular weight is 384 g/mol. The number of thiocarbonyl (C=S) groups is 1. The lowest BCUT2D eigenvalue weighted by Crippen LogP contribution is -2.24. The predicted molar refractivity (Wildman–Crippen MR) is 119 cm³/mol. The van der Waals surface area contributed by atoms with E-state index < -0.39 is 0 Å². The van der Waals surface area contributed by atoms with E-state index in [2.05, 4.69) is 47.9 Å². The molecule has 2 rings (SSSR count). The van der Waals surface area contributed by atoms with Crippen molar-refractivity contribution in [1.29, 1.82) is 0 Å². The Morgan fingerprint density at radius 1 is 1.07 bits per heavy atom. The Kier molecular flexibility index (Phi) is 8.78. The van der Waals surface area contributed by atoms with Crippen molar-refractivity contribution in [3.05, 3.63) is 59.2 Å². The summed E-state index contributed by atoms with van der Waals surface area (Å²) in [6, 6.07) is 14.1. The second kappa shape index (κ2) is 11.3. The predicted octanol–water partition coefficient (Wildman–Crippen LogP) is 5.58. The largest absolute Gasteiger partial charge is 0.494 e. The molecule has 27 heavy (non-hydrogen) atoms. The maximum atomic E-state index is 5.75. The molecule has 0 aliphatic carbocycles. The molecule has 0 fully saturated rings. The third kappa shape index (κ3) is 7.79. The number of benzene rings is 2. The first-order chi connectivity index (χ1) is 13.1. The molecule has 0 saturated heterocycles. The molecular weight excluding hydrogens is 354 g/mol. The Hall–Kier alpha value is -2.40. The van der Waals surface area contributed by atoms with Gasteiger partial charge < -0.3 is 10.1 Å². The Labute approximate surface area is 168 Å². The van der Waals surface area contributed by atoms with E-state index in [1.54, 1.807) is 6.21 Å². The van der Waals surface area contributed by atoms with Gasteiger partial charge in [0.05, 0.1) is 12.8 Å². The van der Waals surface area contributed by atoms with Crippen LogP contribution in [-0.4, -0.2) is 17.9 Å². The van der Waals surface area contributed by atoms with Gasteiger partial charge in [0.15, 0.2) is 5.11 Å². The molecule has 2 aromatic rings. The van der Waals surface area contributed by atoms with Crippen LogP contribution in [0.1, 0.15) is 49.3 Å². The second-order valence-electron chi connectivity index (χ2n) is 6.62. The first-order valence-corrected chi connectivity index (χ1v) is 9.89. The lowest BCUT2D eigenvalue weighted by Gasteiger charge is -2.10. The van der Waals surface area contributed by atoms with Crippen molar-refractivity contribution in [1.82, 2.24) is 5.43 Å². The summed E-state index contributed by atoms with van der Waals surface area (Å²) in [5.41, 5.74) is 7.14. The molecule has 0 bridgehead atoms. The molecule has 2 N–H and O–H groups in total. The zero-order valence-electron chi connectivity index (χ0n) is 16.4. The van der Waals surface area contributed by atoms with Crippen LogP contribution >= 0.6 is 12.2 Å². The number of hydrogen-bond donors (Lipinski definition) is 2. The van der Waals surface area contributed by atoms with Gasteiger partial charge in [-0.25, -0.2) is 0 Å². The maximum absolute atomic E-state index is 5.75. The van der Waals surface area contributed by atoms with Crippen molar-refractivity contribution in [2.24, 2.45) is 5.10 Å². The molecule has 2 aromatic carbocycles. The highest BCUT2D eigenvalue weighted by Gasteiger charge is 2.01. The van der Waals surface area contributed by atoms with Crippen molar-refractivity contribution in [2.75, 3.05) is 11.9 Å². The van der Waals surface area contributed by atoms with Crippen molar-refractivity contribution >= 4 is 29.2 Å². The smallest absolute Gasteiger partial charge is 0.191 e. The number of aryl methyl sites for hydroxylation is 2. The number of rotatable bonds is 9. The number of ether oxygens (including phenoxy) is 1. The van der Waals surface area contributed by atoms with Gasteiger partial charge in [0.2, 0.25) is 0 Å². The number of nitrogens with zero attached hydrogens (tertiary/aromatic N) is 1. The van der Waals surface area contributed by atoms with Crippen LogP contribution < -0.4 is 15.5 Å². The van der Waals surface area contributed by atoms with E-state index in [-0.39, 0.29) is 0 Å². The lowest BCUT2D eigenvalue weighted by molar-refractivity contribution is 0.305. The summed E-state index contributed by atoms with van der Waals surface area (Å²) in [5.74, 6) is 0.892. The Bertz CT molecular complexity index is 757. The number of unbranched alkanes of at least 4 members (excludes halogenated alkanes) is 3. The summed E-state index contributed by atoms with van der Waals surface area (Å²) in [5, 5.41) is 7.83. The quantitative estimate of drug-likeness (QED) is 0.257. The zero-order valence-corrected chi connectivity index (χ0v) is 17.2. The lowest BCUT2D eigenvalue weighted by atomic mass is 10.1. The van der Waals surface area contributed by atoms with Crippen LogP contribution in [0, 0.1) is 13.8 Å². The minimum absolute atomic E-state index is 0.465. The van der Waals surface area contributed by atoms with Gasteiger partial charge in [-0.3, -0.25) is 5.43 Å². The van der Waals surface area contributed by atoms with E-state index in [0.717, 1.165) is 35.6 Å². The number of nitrogens with one attached hydrogen (secondary N) is 2. The summed E-state index contributed by atoms with van der Waals surface area (Å²) in [6.07, 6.45) is 6.58. The molecule has 0 atom stereocenters. The molecular formula is C22H29N3OS. The van der Waals surface area contributed by atoms with Gasteiger partial charge in [0.25, 0.3) is 0 Å². The van der Waals surface area contributed by atoms with Gasteiger partial charge in [-0.2, -0.15) is 5.10 Å². The van der Waals surface area contributed by atoms with Gasteiger partial charge in [0.1, 0.15) is 5.75 Å². The number of hydrogen-bond acceptors (Lipinski definition) is 3. The van der Waals surface area contributed by atoms with E-state index in [0.29, 0.717) is 5.11 Å². The Morgan fingerprint density at radius 2 is 1.85 bits per heavy atom. The van der Waals surface area contributed by atoms with Gasteiger partial charge in [0, 0.05) is 5.69 Å². The first-order valence-electron chi connectivity index (χ1n) is 9.48. The summed E-state index contributed by atoms with van der Waals surface area (Å²) in [6.45, 7) is 7.08. The monoisotopic (exact) mass is 383 g/mol. The van der Waals surface area contributed by atoms with E-state index >= 15 is 0 Å². The normalized spacial score (nSPS) is 10.8. The van der Waals surface area contributed by atoms with Gasteiger partial charge in [-0.1, -0.05) is 38.3 Å². The molecule has 4 nitrogen and oxygen atoms in total. The first kappa shape index (κ1) is 20.9. The summed E-state index contributed by atoms with van der Waals surface area (Å²) >= 11 is 5.30. The van der Waals surface area contributed by atoms with Crippen molar-refractivity contribution in [3.8, 4) is 5.75 Å². The standard InChI is InChI=1S/C22H29N3OS/c1-4-5-6-7-14-26-20-12-10-19(11-13-20)16-23-25-22(27)24-21-15-17(2)8-9-18(21)3/h8-13,15-16H,4-7,14H2,1-3H3,(H2,24,25,27)/b23-16-. The van der Waals surface area contributed by atoms with E-state index in [1.807, 2.05) is 31.2 Å². The molecule has 0 radical (unpaired) electrons. The van der Waals surface area contributed by atoms with Gasteiger partial charge in [-0.05, 0) is 79.5 Å². The second-order valence-corrected chi connectivity index (χ2v) is 7.03. The molecule has 0 spiro atoms. The van der Waals surface area contributed by atoms with Crippen molar-refractivity contribution < 1.29 is 4.74 Å². The summed E-state index contributed by atoms with van der Waals surface area (Å²) in [7, 11) is 0. The van der Waals surface area contributed by atoms with Crippen LogP contribution in [-0.2, 0) is 0 Å². The Morgan fingerprint density at radius 3 is 2.59 bits per heavy atom. The average Bonchev–Trinajstić information content (AvgIpc) is 2.66. The topological polar surface area (TPSA) is 45.6 Å². The highest BCUT2D eigenvalue weighted by molar-refractivity contribution is 7.80. The van der Waals surface area contributed by atoms with Gasteiger partial charge >= 0.3 is 0 Å². The third-order valence-corrected chi connectivity index (χ3v) is 4.36. The minimum atomic E-state index is 0.465. The third-order valence-electron chi connectivity index (χ3n) is 4.17. The molecule has 0 unspecified atom stereocenters. The molecule has 5 heteroatoms. The van der Waals surface area contributed by atoms with Crippen LogP contribution in [0.15, 0.2) is 47.6 Å². The fourth-order valence-corrected chi connectivity index (χ4v) is 2.72. The maximum Gasteiger partial charge on any atom is 0.191 e. The van der Waals surface area contributed by atoms with Crippen molar-refractivity contribution in [3.63, 3.8) is 0 Å². The summed E-state index contributed by atoms with van der Waals surface area (Å²) in [4.78, 5) is 0. The van der Waals surface area contributed by atoms with Crippen LogP contribution in [0.5, 0.6) is 5.75 Å². The van der Waals surface area contributed by atoms with Crippen LogP contribution in [0.4, 0.5) is 5.69 Å². The van der Waals surface area contributed by atoms with E-state index in [1.165, 1.54) is 24.8 Å². The molecule has 0 amide bonds. The highest BCUT2D eigenvalue weighted by atomic mass is 32.1. The number of anilines is 1. The van der Waals surface area contributed by atoms with Crippen LogP contribution in [0.3, 0.4) is 0 Å². The van der Waals surface area contributed by atoms with E-state index in [9.17, 15) is 0 Å². The Balaban J connectivity index is 1.76. The number of hydrazone groups is 1. The van der Waals surface area contributed by atoms with E-state index in [4.69, 9.17) is 17.0 Å². The minimum Gasteiger partial charge on any atom is -0.494 e. The SMILES string of the molecule is CCCCCCOc1ccc(/C=N\NC(=S)Nc2cc(C)ccc2C)cc1.